The van der Waals surface area contributed by atoms with Crippen molar-refractivity contribution < 1.29 is 17.6 Å². The molecule has 0 saturated heterocycles. The first-order chi connectivity index (χ1) is 10.5. The Morgan fingerprint density at radius 2 is 2.09 bits per heavy atom. The summed E-state index contributed by atoms with van der Waals surface area (Å²) in [4.78, 5) is 1.98. The zero-order valence-corrected chi connectivity index (χ0v) is 11.6. The average molecular weight is 317 g/mol. The van der Waals surface area contributed by atoms with E-state index in [-0.39, 0.29) is 5.69 Å². The van der Waals surface area contributed by atoms with E-state index < -0.39 is 19.4 Å². The highest BCUT2D eigenvalue weighted by molar-refractivity contribution is 5.28. The van der Waals surface area contributed by atoms with Crippen molar-refractivity contribution in [3.63, 3.8) is 0 Å². The second-order valence-corrected chi connectivity index (χ2v) is 5.29. The first-order valence-corrected chi connectivity index (χ1v) is 6.89. The predicted octanol–water partition coefficient (Wildman–Crippen LogP) is 2.37. The number of fused-ring (bicyclic) bond motifs is 1. The molecule has 1 aliphatic rings. The van der Waals surface area contributed by atoms with Gasteiger partial charge in [-0.15, -0.1) is 0 Å². The molecule has 0 radical (unpaired) electrons. The van der Waals surface area contributed by atoms with E-state index in [1.54, 1.807) is 6.20 Å². The smallest absolute Gasteiger partial charge is 0.282 e. The molecule has 5 nitrogen and oxygen atoms in total. The highest BCUT2D eigenvalue weighted by atomic mass is 19.3. The van der Waals surface area contributed by atoms with E-state index in [0.717, 1.165) is 11.3 Å². The van der Waals surface area contributed by atoms with Crippen LogP contribution in [0.4, 0.5) is 17.6 Å². The van der Waals surface area contributed by atoms with Crippen molar-refractivity contribution >= 4 is 0 Å². The fraction of sp³-hybridized carbons (Fsp3) is 0.538. The summed E-state index contributed by atoms with van der Waals surface area (Å²) in [6, 6.07) is 0. The summed E-state index contributed by atoms with van der Waals surface area (Å²) in [5, 5.41) is 10.2. The van der Waals surface area contributed by atoms with Crippen LogP contribution in [0, 0.1) is 0 Å². The zero-order valence-electron chi connectivity index (χ0n) is 11.6. The van der Waals surface area contributed by atoms with Gasteiger partial charge >= 0.3 is 0 Å². The number of hydrogen-bond acceptors (Lipinski definition) is 3. The number of nitrogens with one attached hydrogen (secondary N) is 1. The Kier molecular flexibility index (Phi) is 4.14. The molecule has 9 heteroatoms. The summed E-state index contributed by atoms with van der Waals surface area (Å²) in [5.74, 6) is 0. The van der Waals surface area contributed by atoms with Crippen molar-refractivity contribution in [1.82, 2.24) is 24.9 Å². The van der Waals surface area contributed by atoms with Gasteiger partial charge in [-0.3, -0.25) is 14.7 Å². The number of H-pyrrole nitrogens is 1. The van der Waals surface area contributed by atoms with Gasteiger partial charge in [0.1, 0.15) is 12.2 Å². The molecule has 0 aliphatic carbocycles. The van der Waals surface area contributed by atoms with Crippen LogP contribution in [0.3, 0.4) is 0 Å². The number of halogens is 4. The Hall–Kier alpha value is -1.90. The molecule has 120 valence electrons. The lowest BCUT2D eigenvalue weighted by molar-refractivity contribution is 0.121. The Morgan fingerprint density at radius 1 is 1.27 bits per heavy atom. The largest absolute Gasteiger partial charge is 0.294 e. The molecular weight excluding hydrogens is 302 g/mol. The second kappa shape index (κ2) is 6.07. The molecule has 0 atom stereocenters. The van der Waals surface area contributed by atoms with Crippen molar-refractivity contribution in [3.05, 3.63) is 34.9 Å². The van der Waals surface area contributed by atoms with Crippen molar-refractivity contribution in [2.24, 2.45) is 0 Å². The van der Waals surface area contributed by atoms with E-state index in [1.165, 1.54) is 10.9 Å². The summed E-state index contributed by atoms with van der Waals surface area (Å²) in [6.07, 6.45) is -1.36. The van der Waals surface area contributed by atoms with Crippen molar-refractivity contribution in [1.29, 1.82) is 0 Å². The number of aromatic amines is 1. The molecule has 1 aliphatic heterocycles. The van der Waals surface area contributed by atoms with Crippen LogP contribution in [0.1, 0.15) is 28.9 Å². The van der Waals surface area contributed by atoms with Crippen molar-refractivity contribution in [2.75, 3.05) is 6.54 Å². The topological polar surface area (TPSA) is 49.7 Å². The molecule has 0 bridgehead atoms. The molecule has 22 heavy (non-hydrogen) atoms. The number of nitrogens with zero attached hydrogens (tertiary/aromatic N) is 4. The molecule has 3 rings (SSSR count). The maximum absolute atomic E-state index is 12.9. The van der Waals surface area contributed by atoms with Gasteiger partial charge in [0.05, 0.1) is 6.20 Å². The molecule has 1 N–H and O–H groups in total. The number of rotatable bonds is 5. The first kappa shape index (κ1) is 15.0. The van der Waals surface area contributed by atoms with Gasteiger partial charge in [0.2, 0.25) is 0 Å². The summed E-state index contributed by atoms with van der Waals surface area (Å²) < 4.78 is 51.5. The highest BCUT2D eigenvalue weighted by Crippen LogP contribution is 2.28. The van der Waals surface area contributed by atoms with Crippen molar-refractivity contribution in [3.8, 4) is 0 Å². The van der Waals surface area contributed by atoms with Crippen LogP contribution in [0.5, 0.6) is 0 Å². The van der Waals surface area contributed by atoms with Gasteiger partial charge in [-0.1, -0.05) is 0 Å². The zero-order chi connectivity index (χ0) is 15.7. The first-order valence-electron chi connectivity index (χ1n) is 6.89. The van der Waals surface area contributed by atoms with Crippen LogP contribution in [0.2, 0.25) is 0 Å². The van der Waals surface area contributed by atoms with E-state index in [9.17, 15) is 17.6 Å². The fourth-order valence-electron chi connectivity index (χ4n) is 2.68. The number of alkyl halides is 4. The molecule has 2 aromatic rings. The minimum atomic E-state index is -2.60. The third-order valence-corrected chi connectivity index (χ3v) is 3.67. The second-order valence-electron chi connectivity index (χ2n) is 5.29. The van der Waals surface area contributed by atoms with E-state index in [2.05, 4.69) is 15.3 Å². The molecule has 0 aromatic carbocycles. The lowest BCUT2D eigenvalue weighted by Crippen LogP contribution is -2.30. The molecular formula is C13H15F4N5. The molecule has 3 heterocycles. The van der Waals surface area contributed by atoms with E-state index in [0.29, 0.717) is 31.6 Å². The van der Waals surface area contributed by atoms with Gasteiger partial charge in [0, 0.05) is 49.1 Å². The van der Waals surface area contributed by atoms with Gasteiger partial charge in [-0.2, -0.15) is 10.2 Å². The average Bonchev–Trinajstić information content (AvgIpc) is 3.04. The molecule has 2 aromatic heterocycles. The molecule has 0 unspecified atom stereocenters. The van der Waals surface area contributed by atoms with Crippen LogP contribution in [-0.2, 0) is 26.1 Å². The Bertz CT molecular complexity index is 636. The standard InChI is InChI=1S/C13H15F4N5/c14-11(15)7-22-5-8(3-18-22)4-21-2-1-10-9(6-21)12(13(16)17)20-19-10/h3,5,11,13H,1-2,4,6-7H2,(H,19,20). The monoisotopic (exact) mass is 317 g/mol. The summed E-state index contributed by atoms with van der Waals surface area (Å²) in [6.45, 7) is 1.10. The highest BCUT2D eigenvalue weighted by Gasteiger charge is 2.26. The number of hydrogen-bond donors (Lipinski definition) is 1. The third-order valence-electron chi connectivity index (χ3n) is 3.67. The van der Waals surface area contributed by atoms with Gasteiger partial charge < -0.3 is 0 Å². The van der Waals surface area contributed by atoms with Gasteiger partial charge in [0.15, 0.2) is 0 Å². The maximum Gasteiger partial charge on any atom is 0.282 e. The van der Waals surface area contributed by atoms with E-state index in [1.807, 2.05) is 4.90 Å². The quantitative estimate of drug-likeness (QED) is 0.861. The Labute approximate surface area is 123 Å². The predicted molar refractivity (Wildman–Crippen MR) is 69.6 cm³/mol. The summed E-state index contributed by atoms with van der Waals surface area (Å²) in [7, 11) is 0. The normalized spacial score (nSPS) is 15.7. The summed E-state index contributed by atoms with van der Waals surface area (Å²) >= 11 is 0. The summed E-state index contributed by atoms with van der Waals surface area (Å²) in [5.41, 5.74) is 1.88. The lowest BCUT2D eigenvalue weighted by atomic mass is 10.1. The third kappa shape index (κ3) is 3.13. The molecule has 0 amide bonds. The SMILES string of the molecule is FC(F)Cn1cc(CN2CCc3[nH]nc(C(F)F)c3C2)cn1. The van der Waals surface area contributed by atoms with Crippen molar-refractivity contribution in [2.45, 2.75) is 38.9 Å². The molecule has 0 fully saturated rings. The minimum Gasteiger partial charge on any atom is -0.294 e. The van der Waals surface area contributed by atoms with Crippen LogP contribution in [0.25, 0.3) is 0 Å². The van der Waals surface area contributed by atoms with E-state index in [4.69, 9.17) is 0 Å². The lowest BCUT2D eigenvalue weighted by Gasteiger charge is -2.26. The van der Waals surface area contributed by atoms with E-state index >= 15 is 0 Å². The maximum atomic E-state index is 12.9. The fourth-order valence-corrected chi connectivity index (χ4v) is 2.68. The Morgan fingerprint density at radius 3 is 2.82 bits per heavy atom. The van der Waals surface area contributed by atoms with Gasteiger partial charge in [-0.25, -0.2) is 17.6 Å². The van der Waals surface area contributed by atoms with Crippen LogP contribution < -0.4 is 0 Å². The van der Waals surface area contributed by atoms with Crippen LogP contribution in [-0.4, -0.2) is 37.8 Å². The number of aromatic nitrogens is 4. The van der Waals surface area contributed by atoms with Crippen LogP contribution >= 0.6 is 0 Å². The Balaban J connectivity index is 1.67. The minimum absolute atomic E-state index is 0.201. The van der Waals surface area contributed by atoms with Gasteiger partial charge in [-0.05, 0) is 0 Å². The molecule has 0 saturated carbocycles. The van der Waals surface area contributed by atoms with Crippen LogP contribution in [0.15, 0.2) is 12.4 Å². The van der Waals surface area contributed by atoms with Gasteiger partial charge in [0.25, 0.3) is 12.9 Å². The molecule has 0 spiro atoms.